The number of rotatable bonds is 3. The molecule has 0 aliphatic rings. The Morgan fingerprint density at radius 3 is 2.76 bits per heavy atom. The van der Waals surface area contributed by atoms with Gasteiger partial charge in [-0.1, -0.05) is 19.1 Å². The number of nitrogen functional groups attached to an aromatic ring is 1. The van der Waals surface area contributed by atoms with Crippen LogP contribution in [0.1, 0.15) is 12.5 Å². The average molecular weight is 232 g/mol. The van der Waals surface area contributed by atoms with Crippen LogP contribution in [-0.4, -0.2) is 9.97 Å². The second-order valence-electron chi connectivity index (χ2n) is 3.54. The molecule has 1 aromatic carbocycles. The molecule has 0 unspecified atom stereocenters. The maximum absolute atomic E-state index is 13.5. The number of aromatic nitrogens is 2. The van der Waals surface area contributed by atoms with Gasteiger partial charge >= 0.3 is 0 Å². The van der Waals surface area contributed by atoms with E-state index in [1.807, 2.05) is 6.92 Å². The molecule has 4 nitrogen and oxygen atoms in total. The minimum absolute atomic E-state index is 0.327. The smallest absolute Gasteiger partial charge is 0.146 e. The molecule has 1 aromatic heterocycles. The Morgan fingerprint density at radius 1 is 1.29 bits per heavy atom. The van der Waals surface area contributed by atoms with Crippen LogP contribution in [0.3, 0.4) is 0 Å². The van der Waals surface area contributed by atoms with Crippen LogP contribution in [0.25, 0.3) is 0 Å². The van der Waals surface area contributed by atoms with E-state index in [9.17, 15) is 4.39 Å². The van der Waals surface area contributed by atoms with Gasteiger partial charge in [0.1, 0.15) is 23.8 Å². The highest BCUT2D eigenvalue weighted by Gasteiger charge is 2.09. The van der Waals surface area contributed by atoms with E-state index in [1.54, 1.807) is 18.2 Å². The third-order valence-corrected chi connectivity index (χ3v) is 2.46. The molecule has 0 bridgehead atoms. The predicted molar refractivity (Wildman–Crippen MR) is 65.5 cm³/mol. The summed E-state index contributed by atoms with van der Waals surface area (Å²) in [4.78, 5) is 7.99. The van der Waals surface area contributed by atoms with Crippen LogP contribution >= 0.6 is 0 Å². The maximum atomic E-state index is 13.5. The van der Waals surface area contributed by atoms with Gasteiger partial charge in [0, 0.05) is 5.56 Å². The summed E-state index contributed by atoms with van der Waals surface area (Å²) in [5, 5.41) is 2.93. The van der Waals surface area contributed by atoms with Gasteiger partial charge in [-0.05, 0) is 18.6 Å². The molecule has 0 aliphatic heterocycles. The molecule has 0 fully saturated rings. The number of halogens is 1. The zero-order valence-electron chi connectivity index (χ0n) is 9.44. The molecule has 2 aromatic rings. The average Bonchev–Trinajstić information content (AvgIpc) is 2.32. The van der Waals surface area contributed by atoms with Gasteiger partial charge in [-0.3, -0.25) is 0 Å². The summed E-state index contributed by atoms with van der Waals surface area (Å²) in [6, 6.07) is 6.42. The summed E-state index contributed by atoms with van der Waals surface area (Å²) in [6.07, 6.45) is 2.04. The molecule has 17 heavy (non-hydrogen) atoms. The van der Waals surface area contributed by atoms with Crippen LogP contribution in [0.4, 0.5) is 21.7 Å². The Kier molecular flexibility index (Phi) is 3.18. The number of hydrogen-bond acceptors (Lipinski definition) is 4. The number of nitrogens with one attached hydrogen (secondary N) is 1. The second-order valence-corrected chi connectivity index (χ2v) is 3.54. The Hall–Kier alpha value is -2.17. The summed E-state index contributed by atoms with van der Waals surface area (Å²) in [7, 11) is 0. The van der Waals surface area contributed by atoms with Crippen LogP contribution < -0.4 is 11.1 Å². The van der Waals surface area contributed by atoms with Gasteiger partial charge < -0.3 is 11.1 Å². The summed E-state index contributed by atoms with van der Waals surface area (Å²) < 4.78 is 13.5. The monoisotopic (exact) mass is 232 g/mol. The minimum Gasteiger partial charge on any atom is -0.383 e. The van der Waals surface area contributed by atoms with E-state index in [2.05, 4.69) is 15.3 Å². The molecule has 0 aliphatic carbocycles. The standard InChI is InChI=1S/C12H13FN4/c1-2-8-11(14)15-7-16-12(8)17-10-6-4-3-5-9(10)13/h3-7H,2H2,1H3,(H3,14,15,16,17). The van der Waals surface area contributed by atoms with Crippen LogP contribution in [0.5, 0.6) is 0 Å². The molecule has 1 heterocycles. The van der Waals surface area contributed by atoms with Gasteiger partial charge in [-0.15, -0.1) is 0 Å². The van der Waals surface area contributed by atoms with Crippen LogP contribution in [-0.2, 0) is 6.42 Å². The largest absolute Gasteiger partial charge is 0.383 e. The maximum Gasteiger partial charge on any atom is 0.146 e. The van der Waals surface area contributed by atoms with Gasteiger partial charge in [0.05, 0.1) is 5.69 Å². The van der Waals surface area contributed by atoms with Gasteiger partial charge in [0.2, 0.25) is 0 Å². The third kappa shape index (κ3) is 2.33. The summed E-state index contributed by atoms with van der Waals surface area (Å²) in [5.41, 5.74) is 6.90. The predicted octanol–water partition coefficient (Wildman–Crippen LogP) is 2.50. The normalized spacial score (nSPS) is 10.2. The summed E-state index contributed by atoms with van der Waals surface area (Å²) >= 11 is 0. The number of benzene rings is 1. The quantitative estimate of drug-likeness (QED) is 0.853. The van der Waals surface area contributed by atoms with Crippen molar-refractivity contribution in [2.24, 2.45) is 0 Å². The van der Waals surface area contributed by atoms with Crippen molar-refractivity contribution in [3.05, 3.63) is 42.0 Å². The lowest BCUT2D eigenvalue weighted by Gasteiger charge is -2.11. The van der Waals surface area contributed by atoms with E-state index in [1.165, 1.54) is 12.4 Å². The Balaban J connectivity index is 2.37. The van der Waals surface area contributed by atoms with Crippen molar-refractivity contribution in [1.82, 2.24) is 9.97 Å². The fraction of sp³-hybridized carbons (Fsp3) is 0.167. The topological polar surface area (TPSA) is 63.8 Å². The SMILES string of the molecule is CCc1c(N)ncnc1Nc1ccccc1F. The minimum atomic E-state index is -0.327. The molecular weight excluding hydrogens is 219 g/mol. The fourth-order valence-electron chi connectivity index (χ4n) is 1.57. The highest BCUT2D eigenvalue weighted by molar-refractivity contribution is 5.63. The molecule has 5 heteroatoms. The molecule has 0 atom stereocenters. The van der Waals surface area contributed by atoms with Crippen molar-refractivity contribution >= 4 is 17.3 Å². The number of hydrogen-bond donors (Lipinski definition) is 2. The first-order valence-electron chi connectivity index (χ1n) is 5.33. The van der Waals surface area contributed by atoms with Crippen LogP contribution in [0.2, 0.25) is 0 Å². The second kappa shape index (κ2) is 4.78. The highest BCUT2D eigenvalue weighted by atomic mass is 19.1. The van der Waals surface area contributed by atoms with Crippen molar-refractivity contribution in [1.29, 1.82) is 0 Å². The van der Waals surface area contributed by atoms with Crippen molar-refractivity contribution in [2.75, 3.05) is 11.1 Å². The Morgan fingerprint density at radius 2 is 2.06 bits per heavy atom. The molecule has 0 amide bonds. The first kappa shape index (κ1) is 11.3. The van der Waals surface area contributed by atoms with Crippen LogP contribution in [0, 0.1) is 5.82 Å². The summed E-state index contributed by atoms with van der Waals surface area (Å²) in [6.45, 7) is 1.95. The number of anilines is 3. The van der Waals surface area contributed by atoms with E-state index in [0.29, 0.717) is 23.7 Å². The number of nitrogens with two attached hydrogens (primary N) is 1. The molecular formula is C12H13FN4. The zero-order chi connectivity index (χ0) is 12.3. The van der Waals surface area contributed by atoms with Crippen molar-refractivity contribution in [3.63, 3.8) is 0 Å². The zero-order valence-corrected chi connectivity index (χ0v) is 9.44. The van der Waals surface area contributed by atoms with E-state index in [-0.39, 0.29) is 5.82 Å². The molecule has 0 saturated carbocycles. The van der Waals surface area contributed by atoms with Gasteiger partial charge in [0.15, 0.2) is 0 Å². The highest BCUT2D eigenvalue weighted by Crippen LogP contribution is 2.23. The lowest BCUT2D eigenvalue weighted by molar-refractivity contribution is 0.631. The lowest BCUT2D eigenvalue weighted by Crippen LogP contribution is -2.05. The third-order valence-electron chi connectivity index (χ3n) is 2.46. The number of nitrogens with zero attached hydrogens (tertiary/aromatic N) is 2. The van der Waals surface area contributed by atoms with E-state index < -0.39 is 0 Å². The fourth-order valence-corrected chi connectivity index (χ4v) is 1.57. The molecule has 2 rings (SSSR count). The lowest BCUT2D eigenvalue weighted by atomic mass is 10.2. The molecule has 3 N–H and O–H groups in total. The van der Waals surface area contributed by atoms with E-state index in [0.717, 1.165) is 5.56 Å². The van der Waals surface area contributed by atoms with E-state index in [4.69, 9.17) is 5.73 Å². The molecule has 0 radical (unpaired) electrons. The van der Waals surface area contributed by atoms with Gasteiger partial charge in [-0.2, -0.15) is 0 Å². The number of para-hydroxylation sites is 1. The van der Waals surface area contributed by atoms with Gasteiger partial charge in [-0.25, -0.2) is 14.4 Å². The van der Waals surface area contributed by atoms with Gasteiger partial charge in [0.25, 0.3) is 0 Å². The summed E-state index contributed by atoms with van der Waals surface area (Å²) in [5.74, 6) is 0.637. The molecule has 0 saturated heterocycles. The molecule has 0 spiro atoms. The molecule has 88 valence electrons. The van der Waals surface area contributed by atoms with Crippen LogP contribution in [0.15, 0.2) is 30.6 Å². The Labute approximate surface area is 98.7 Å². The first-order chi connectivity index (χ1) is 8.22. The van der Waals surface area contributed by atoms with Crippen molar-refractivity contribution in [2.45, 2.75) is 13.3 Å². The van der Waals surface area contributed by atoms with E-state index >= 15 is 0 Å². The van der Waals surface area contributed by atoms with Crippen molar-refractivity contribution in [3.8, 4) is 0 Å². The van der Waals surface area contributed by atoms with Crippen molar-refractivity contribution < 1.29 is 4.39 Å². The Bertz CT molecular complexity index is 528. The first-order valence-corrected chi connectivity index (χ1v) is 5.33.